The van der Waals surface area contributed by atoms with E-state index in [0.29, 0.717) is 31.4 Å². The Balaban J connectivity index is 1.21. The van der Waals surface area contributed by atoms with E-state index in [2.05, 4.69) is 20.4 Å². The van der Waals surface area contributed by atoms with Crippen molar-refractivity contribution in [2.75, 3.05) is 57.7 Å². The van der Waals surface area contributed by atoms with Gasteiger partial charge in [-0.25, -0.2) is 8.42 Å². The lowest BCUT2D eigenvalue weighted by Gasteiger charge is -2.33. The number of nitrogens with one attached hydrogen (secondary N) is 2. The predicted octanol–water partition coefficient (Wildman–Crippen LogP) is 0.696. The summed E-state index contributed by atoms with van der Waals surface area (Å²) in [5.41, 5.74) is 0.586. The molecule has 0 radical (unpaired) electrons. The van der Waals surface area contributed by atoms with Gasteiger partial charge in [-0.1, -0.05) is 6.42 Å². The third kappa shape index (κ3) is 6.28. The second-order valence-electron chi connectivity index (χ2n) is 8.93. The van der Waals surface area contributed by atoms with Gasteiger partial charge >= 0.3 is 0 Å². The Morgan fingerprint density at radius 3 is 1.94 bits per heavy atom. The molecule has 1 aromatic rings. The highest BCUT2D eigenvalue weighted by Gasteiger charge is 2.27. The van der Waals surface area contributed by atoms with Gasteiger partial charge in [0.15, 0.2) is 0 Å². The molecule has 3 aliphatic rings. The number of amides is 2. The van der Waals surface area contributed by atoms with E-state index in [-0.39, 0.29) is 23.3 Å². The minimum Gasteiger partial charge on any atom is -0.352 e. The molecule has 0 unspecified atom stereocenters. The molecule has 3 fully saturated rings. The van der Waals surface area contributed by atoms with Crippen molar-refractivity contribution in [1.82, 2.24) is 19.4 Å². The fourth-order valence-corrected chi connectivity index (χ4v) is 5.69. The van der Waals surface area contributed by atoms with Gasteiger partial charge in [-0.3, -0.25) is 19.4 Å². The SMILES string of the molecule is O=C(CN1CCN(CC(=O)NC2CC2)CC1)Nc1ccc(S(=O)(=O)N2CCCCC2)cc1. The molecule has 1 aromatic carbocycles. The molecule has 2 aliphatic heterocycles. The van der Waals surface area contributed by atoms with Crippen LogP contribution in [0.2, 0.25) is 0 Å². The average Bonchev–Trinajstić information content (AvgIpc) is 3.60. The molecule has 2 heterocycles. The van der Waals surface area contributed by atoms with E-state index in [4.69, 9.17) is 0 Å². The second-order valence-corrected chi connectivity index (χ2v) is 10.9. The van der Waals surface area contributed by atoms with Crippen molar-refractivity contribution >= 4 is 27.5 Å². The van der Waals surface area contributed by atoms with Gasteiger partial charge in [0.25, 0.3) is 0 Å². The van der Waals surface area contributed by atoms with Crippen LogP contribution in [-0.4, -0.2) is 92.7 Å². The van der Waals surface area contributed by atoms with Crippen LogP contribution in [0, 0.1) is 0 Å². The first-order valence-corrected chi connectivity index (χ1v) is 13.0. The number of rotatable bonds is 8. The van der Waals surface area contributed by atoms with Crippen LogP contribution in [0.5, 0.6) is 0 Å². The van der Waals surface area contributed by atoms with Gasteiger partial charge in [0.1, 0.15) is 0 Å². The van der Waals surface area contributed by atoms with Crippen molar-refractivity contribution in [2.24, 2.45) is 0 Å². The summed E-state index contributed by atoms with van der Waals surface area (Å²) in [5.74, 6) is -0.0407. The third-order valence-electron chi connectivity index (χ3n) is 6.23. The van der Waals surface area contributed by atoms with E-state index in [1.807, 2.05) is 0 Å². The van der Waals surface area contributed by atoms with Crippen LogP contribution < -0.4 is 10.6 Å². The Labute approximate surface area is 190 Å². The molecule has 9 nitrogen and oxygen atoms in total. The lowest BCUT2D eigenvalue weighted by atomic mass is 10.2. The predicted molar refractivity (Wildman–Crippen MR) is 122 cm³/mol. The quantitative estimate of drug-likeness (QED) is 0.588. The maximum atomic E-state index is 12.7. The largest absolute Gasteiger partial charge is 0.352 e. The van der Waals surface area contributed by atoms with E-state index in [1.165, 1.54) is 0 Å². The standard InChI is InChI=1S/C22H33N5O4S/c28-21(23-18-4-5-18)16-25-12-14-26(15-13-25)17-22(29)24-19-6-8-20(9-7-19)32(30,31)27-10-2-1-3-11-27/h6-9,18H,1-5,10-17H2,(H,23,28)(H,24,29). The lowest BCUT2D eigenvalue weighted by molar-refractivity contribution is -0.123. The summed E-state index contributed by atoms with van der Waals surface area (Å²) >= 11 is 0. The summed E-state index contributed by atoms with van der Waals surface area (Å²) in [4.78, 5) is 28.8. The van der Waals surface area contributed by atoms with Crippen molar-refractivity contribution in [2.45, 2.75) is 43.0 Å². The normalized spacial score (nSPS) is 21.2. The maximum Gasteiger partial charge on any atom is 0.243 e. The molecule has 1 saturated carbocycles. The van der Waals surface area contributed by atoms with Gasteiger partial charge < -0.3 is 10.6 Å². The fraction of sp³-hybridized carbons (Fsp3) is 0.636. The van der Waals surface area contributed by atoms with E-state index in [9.17, 15) is 18.0 Å². The molecule has 0 atom stereocenters. The zero-order chi connectivity index (χ0) is 22.6. The molecular weight excluding hydrogens is 430 g/mol. The molecule has 0 aromatic heterocycles. The fourth-order valence-electron chi connectivity index (χ4n) is 4.18. The number of nitrogens with zero attached hydrogens (tertiary/aromatic N) is 3. The monoisotopic (exact) mass is 463 g/mol. The summed E-state index contributed by atoms with van der Waals surface area (Å²) in [6.45, 7) is 4.81. The molecule has 32 heavy (non-hydrogen) atoms. The van der Waals surface area contributed by atoms with E-state index >= 15 is 0 Å². The van der Waals surface area contributed by atoms with Crippen LogP contribution in [0.3, 0.4) is 0 Å². The van der Waals surface area contributed by atoms with Crippen LogP contribution >= 0.6 is 0 Å². The van der Waals surface area contributed by atoms with Crippen LogP contribution in [-0.2, 0) is 19.6 Å². The molecule has 0 bridgehead atoms. The molecule has 2 amide bonds. The summed E-state index contributed by atoms with van der Waals surface area (Å²) < 4.78 is 27.0. The smallest absolute Gasteiger partial charge is 0.243 e. The average molecular weight is 464 g/mol. The molecule has 176 valence electrons. The van der Waals surface area contributed by atoms with Gasteiger partial charge in [-0.05, 0) is 49.9 Å². The highest BCUT2D eigenvalue weighted by Crippen LogP contribution is 2.22. The Kier molecular flexibility index (Phi) is 7.44. The summed E-state index contributed by atoms with van der Waals surface area (Å²) in [6.07, 6.45) is 5.05. The number of hydrogen-bond acceptors (Lipinski definition) is 6. The molecule has 1 aliphatic carbocycles. The Morgan fingerprint density at radius 1 is 0.812 bits per heavy atom. The van der Waals surface area contributed by atoms with Crippen molar-refractivity contribution in [3.8, 4) is 0 Å². The zero-order valence-corrected chi connectivity index (χ0v) is 19.3. The first-order chi connectivity index (χ1) is 15.4. The molecule has 2 N–H and O–H groups in total. The number of carbonyl (C=O) groups excluding carboxylic acids is 2. The van der Waals surface area contributed by atoms with Crippen molar-refractivity contribution in [3.63, 3.8) is 0 Å². The van der Waals surface area contributed by atoms with Crippen LogP contribution in [0.15, 0.2) is 29.2 Å². The van der Waals surface area contributed by atoms with Gasteiger partial charge in [-0.2, -0.15) is 4.31 Å². The maximum absolute atomic E-state index is 12.7. The zero-order valence-electron chi connectivity index (χ0n) is 18.5. The number of benzene rings is 1. The summed E-state index contributed by atoms with van der Waals surface area (Å²) in [5, 5.41) is 5.86. The van der Waals surface area contributed by atoms with Gasteiger partial charge in [0.2, 0.25) is 21.8 Å². The molecule has 2 saturated heterocycles. The van der Waals surface area contributed by atoms with Crippen LogP contribution in [0.4, 0.5) is 5.69 Å². The van der Waals surface area contributed by atoms with Gasteiger partial charge in [0.05, 0.1) is 18.0 Å². The van der Waals surface area contributed by atoms with Crippen molar-refractivity contribution < 1.29 is 18.0 Å². The minimum atomic E-state index is -3.47. The minimum absolute atomic E-state index is 0.0874. The number of hydrogen-bond donors (Lipinski definition) is 2. The highest BCUT2D eigenvalue weighted by atomic mass is 32.2. The summed E-state index contributed by atoms with van der Waals surface area (Å²) in [7, 11) is -3.47. The van der Waals surface area contributed by atoms with E-state index < -0.39 is 10.0 Å². The summed E-state index contributed by atoms with van der Waals surface area (Å²) in [6, 6.07) is 6.79. The number of piperazine rings is 1. The van der Waals surface area contributed by atoms with E-state index in [1.54, 1.807) is 28.6 Å². The number of anilines is 1. The number of sulfonamides is 1. The lowest BCUT2D eigenvalue weighted by Crippen LogP contribution is -2.51. The topological polar surface area (TPSA) is 102 Å². The molecular formula is C22H33N5O4S. The number of carbonyl (C=O) groups is 2. The first-order valence-electron chi connectivity index (χ1n) is 11.5. The Hall–Kier alpha value is -2.01. The number of piperidine rings is 1. The van der Waals surface area contributed by atoms with E-state index in [0.717, 1.165) is 58.3 Å². The van der Waals surface area contributed by atoms with Crippen molar-refractivity contribution in [3.05, 3.63) is 24.3 Å². The molecule has 10 heteroatoms. The highest BCUT2D eigenvalue weighted by molar-refractivity contribution is 7.89. The van der Waals surface area contributed by atoms with Crippen molar-refractivity contribution in [1.29, 1.82) is 0 Å². The van der Waals surface area contributed by atoms with Crippen LogP contribution in [0.25, 0.3) is 0 Å². The van der Waals surface area contributed by atoms with Gasteiger partial charge in [-0.15, -0.1) is 0 Å². The van der Waals surface area contributed by atoms with Gasteiger partial charge in [0, 0.05) is 51.0 Å². The first kappa shape index (κ1) is 23.2. The molecule has 4 rings (SSSR count). The van der Waals surface area contributed by atoms with Crippen LogP contribution in [0.1, 0.15) is 32.1 Å². The molecule has 0 spiro atoms. The second kappa shape index (κ2) is 10.3. The Morgan fingerprint density at radius 2 is 1.38 bits per heavy atom. The third-order valence-corrected chi connectivity index (χ3v) is 8.15. The Bertz CT molecular complexity index is 903.